The molecule has 0 aliphatic carbocycles. The summed E-state index contributed by atoms with van der Waals surface area (Å²) in [5.41, 5.74) is -0.148. The van der Waals surface area contributed by atoms with Crippen LogP contribution in [0, 0.1) is 0 Å². The van der Waals surface area contributed by atoms with Gasteiger partial charge in [0, 0.05) is 17.2 Å². The van der Waals surface area contributed by atoms with Crippen molar-refractivity contribution in [2.75, 3.05) is 4.90 Å². The van der Waals surface area contributed by atoms with Gasteiger partial charge in [-0.2, -0.15) is 4.90 Å². The van der Waals surface area contributed by atoms with Crippen molar-refractivity contribution in [3.63, 3.8) is 0 Å². The highest BCUT2D eigenvalue weighted by atomic mass is 16.6. The van der Waals surface area contributed by atoms with E-state index >= 15 is 0 Å². The number of allylic oxidation sites excluding steroid dienone is 1. The van der Waals surface area contributed by atoms with E-state index in [-0.39, 0.29) is 28.5 Å². The molecule has 0 bridgehead atoms. The van der Waals surface area contributed by atoms with Crippen molar-refractivity contribution in [1.29, 1.82) is 0 Å². The largest absolute Gasteiger partial charge is 0.504 e. The van der Waals surface area contributed by atoms with E-state index in [0.29, 0.717) is 10.5 Å². The van der Waals surface area contributed by atoms with Crippen LogP contribution in [-0.2, 0) is 4.74 Å². The smallest absolute Gasteiger partial charge is 0.490 e. The van der Waals surface area contributed by atoms with Gasteiger partial charge in [0.05, 0.1) is 0 Å². The first-order valence-corrected chi connectivity index (χ1v) is 6.74. The van der Waals surface area contributed by atoms with Gasteiger partial charge < -0.3 is 25.0 Å². The molecule has 1 aromatic heterocycles. The Hall–Kier alpha value is -2.52. The van der Waals surface area contributed by atoms with Crippen molar-refractivity contribution >= 4 is 30.1 Å². The Balaban J connectivity index is 2.60. The number of aliphatic hydroxyl groups is 1. The van der Waals surface area contributed by atoms with E-state index in [0.717, 1.165) is 6.20 Å². The molecule has 1 aliphatic rings. The number of aliphatic hydroxyl groups excluding tert-OH is 1. The molecule has 0 atom stereocenters. The average molecular weight is 320 g/mol. The Morgan fingerprint density at radius 3 is 2.43 bits per heavy atom. The van der Waals surface area contributed by atoms with Crippen LogP contribution in [0.25, 0.3) is 5.57 Å². The number of rotatable bonds is 4. The Morgan fingerprint density at radius 1 is 1.43 bits per heavy atom. The van der Waals surface area contributed by atoms with E-state index in [9.17, 15) is 25.1 Å². The van der Waals surface area contributed by atoms with E-state index < -0.39 is 18.8 Å². The Labute approximate surface area is 133 Å². The molecule has 0 radical (unpaired) electrons. The summed E-state index contributed by atoms with van der Waals surface area (Å²) in [5.74, 6) is -0.512. The normalized spacial score (nSPS) is 15.5. The fraction of sp³-hybridized carbons (Fsp3) is 0.286. The van der Waals surface area contributed by atoms with Gasteiger partial charge in [0.2, 0.25) is 5.88 Å². The zero-order chi connectivity index (χ0) is 17.5. The topological polar surface area (TPSA) is 123 Å². The van der Waals surface area contributed by atoms with E-state index in [4.69, 9.17) is 4.74 Å². The average Bonchev–Trinajstić information content (AvgIpc) is 2.45. The first kappa shape index (κ1) is 16.8. The predicted octanol–water partition coefficient (Wildman–Crippen LogP) is 0.815. The van der Waals surface area contributed by atoms with Gasteiger partial charge in [0.25, 0.3) is 0 Å². The molecule has 1 amide bonds. The number of ether oxygens (including phenoxy) is 1. The number of amides is 1. The summed E-state index contributed by atoms with van der Waals surface area (Å²) < 4.78 is 5.34. The van der Waals surface area contributed by atoms with Gasteiger partial charge >= 0.3 is 13.2 Å². The Morgan fingerprint density at radius 2 is 2.04 bits per heavy atom. The molecule has 0 unspecified atom stereocenters. The number of carbonyl (C=O) groups is 1. The molecular weight excluding hydrogens is 303 g/mol. The summed E-state index contributed by atoms with van der Waals surface area (Å²) in [7, 11) is -1.75. The van der Waals surface area contributed by atoms with Crippen molar-refractivity contribution in [3.05, 3.63) is 36.0 Å². The monoisotopic (exact) mass is 320 g/mol. The van der Waals surface area contributed by atoms with Crippen LogP contribution in [-0.4, -0.2) is 44.1 Å². The number of anilines is 1. The highest BCUT2D eigenvalue weighted by Crippen LogP contribution is 2.39. The third kappa shape index (κ3) is 2.88. The molecule has 1 aliphatic heterocycles. The summed E-state index contributed by atoms with van der Waals surface area (Å²) in [6.45, 7) is 8.53. The van der Waals surface area contributed by atoms with Gasteiger partial charge in [-0.05, 0) is 32.4 Å². The molecule has 0 spiro atoms. The van der Waals surface area contributed by atoms with Gasteiger partial charge in [-0.1, -0.05) is 6.58 Å². The molecule has 0 saturated carbocycles. The summed E-state index contributed by atoms with van der Waals surface area (Å²) in [6, 6.07) is 1.37. The Bertz CT molecular complexity index is 713. The van der Waals surface area contributed by atoms with Gasteiger partial charge in [0.1, 0.15) is 0 Å². The maximum absolute atomic E-state index is 11.6. The quantitative estimate of drug-likeness (QED) is 0.605. The predicted molar refractivity (Wildman–Crippen MR) is 84.1 cm³/mol. The zero-order valence-electron chi connectivity index (χ0n) is 12.9. The number of pyridine rings is 1. The lowest BCUT2D eigenvalue weighted by molar-refractivity contribution is -0.0436. The molecule has 2 heterocycles. The maximum atomic E-state index is 11.6. The molecule has 0 fully saturated rings. The number of hydrogen-bond acceptors (Lipinski definition) is 6. The van der Waals surface area contributed by atoms with Crippen molar-refractivity contribution in [2.45, 2.75) is 26.4 Å². The van der Waals surface area contributed by atoms with E-state index in [1.54, 1.807) is 20.8 Å². The molecule has 122 valence electrons. The molecule has 23 heavy (non-hydrogen) atoms. The maximum Gasteiger partial charge on any atom is 0.490 e. The van der Waals surface area contributed by atoms with Gasteiger partial charge in [0.15, 0.2) is 17.2 Å². The van der Waals surface area contributed by atoms with Gasteiger partial charge in [-0.15, -0.1) is 0 Å². The third-order valence-corrected chi connectivity index (χ3v) is 3.38. The van der Waals surface area contributed by atoms with Gasteiger partial charge in [-0.3, -0.25) is 0 Å². The molecule has 1 aromatic rings. The number of nitrogens with zero attached hydrogens (tertiary/aromatic N) is 2. The highest BCUT2D eigenvalue weighted by Gasteiger charge is 2.46. The minimum atomic E-state index is -1.75. The van der Waals surface area contributed by atoms with Crippen molar-refractivity contribution in [3.8, 4) is 0 Å². The van der Waals surface area contributed by atoms with Crippen LogP contribution in [0.15, 0.2) is 30.5 Å². The lowest BCUT2D eigenvalue weighted by Gasteiger charge is -2.40. The second-order valence-electron chi connectivity index (χ2n) is 5.68. The first-order valence-electron chi connectivity index (χ1n) is 6.74. The summed E-state index contributed by atoms with van der Waals surface area (Å²) in [6.07, 6.45) is -0.279. The molecule has 9 heteroatoms. The van der Waals surface area contributed by atoms with Crippen LogP contribution < -0.4 is 10.4 Å². The molecule has 8 nitrogen and oxygen atoms in total. The van der Waals surface area contributed by atoms with E-state index in [1.165, 1.54) is 6.07 Å². The van der Waals surface area contributed by atoms with Crippen LogP contribution >= 0.6 is 0 Å². The lowest BCUT2D eigenvalue weighted by atomic mass is 9.80. The highest BCUT2D eigenvalue weighted by molar-refractivity contribution is 6.58. The van der Waals surface area contributed by atoms with Crippen molar-refractivity contribution < 1.29 is 29.8 Å². The second-order valence-corrected chi connectivity index (χ2v) is 5.68. The molecule has 0 aromatic carbocycles. The first-order chi connectivity index (χ1) is 10.6. The van der Waals surface area contributed by atoms with E-state index in [2.05, 4.69) is 11.6 Å². The van der Waals surface area contributed by atoms with Crippen LogP contribution in [0.1, 0.15) is 26.3 Å². The Kier molecular flexibility index (Phi) is 4.10. The summed E-state index contributed by atoms with van der Waals surface area (Å²) >= 11 is 0. The zero-order valence-corrected chi connectivity index (χ0v) is 12.9. The minimum absolute atomic E-state index is 0.0496. The number of aromatic nitrogens is 1. The second kappa shape index (κ2) is 5.60. The van der Waals surface area contributed by atoms with Crippen LogP contribution in [0.3, 0.4) is 0 Å². The van der Waals surface area contributed by atoms with E-state index in [1.807, 2.05) is 0 Å². The van der Waals surface area contributed by atoms with Gasteiger partial charge in [-0.25, -0.2) is 9.78 Å². The number of carboxylic acid groups (broad SMARTS) is 1. The van der Waals surface area contributed by atoms with Crippen molar-refractivity contribution in [1.82, 2.24) is 4.98 Å². The number of hydrogen-bond donors (Lipinski definition) is 4. The fourth-order valence-corrected chi connectivity index (χ4v) is 2.08. The lowest BCUT2D eigenvalue weighted by Crippen LogP contribution is -2.47. The van der Waals surface area contributed by atoms with Crippen LogP contribution in [0.2, 0.25) is 0 Å². The molecular formula is C14H17BN2O6. The molecule has 0 saturated heterocycles. The minimum Gasteiger partial charge on any atom is -0.504 e. The van der Waals surface area contributed by atoms with Crippen LogP contribution in [0.5, 0.6) is 0 Å². The SMILES string of the molecule is C=C(C)c1cc(B(O)O)cnc1N(C(=O)O)C1=C(O)C(C)(C)O1. The summed E-state index contributed by atoms with van der Waals surface area (Å²) in [4.78, 5) is 16.3. The summed E-state index contributed by atoms with van der Waals surface area (Å²) in [5, 5.41) is 37.9. The standard InChI is InChI=1S/C14H17BN2O6/c1-7(2)9-5-8(15(21)22)6-16-11(9)17(13(19)20)12-10(18)14(3,4)23-12/h5-6,18,21-22H,1H2,2-4H3,(H,19,20). The van der Waals surface area contributed by atoms with Crippen LogP contribution in [0.4, 0.5) is 10.6 Å². The third-order valence-electron chi connectivity index (χ3n) is 3.38. The van der Waals surface area contributed by atoms with Crippen molar-refractivity contribution in [2.24, 2.45) is 0 Å². The molecule has 4 N–H and O–H groups in total. The fourth-order valence-electron chi connectivity index (χ4n) is 2.08. The molecule has 2 rings (SSSR count).